The highest BCUT2D eigenvalue weighted by atomic mass is 16.4. The van der Waals surface area contributed by atoms with E-state index >= 15 is 0 Å². The second kappa shape index (κ2) is 1.87. The Hall–Kier alpha value is -0.790. The van der Waals surface area contributed by atoms with Crippen LogP contribution in [0.1, 0.15) is 13.8 Å². The molecule has 0 aliphatic heterocycles. The third-order valence-corrected chi connectivity index (χ3v) is 1.88. The molecule has 2 unspecified atom stereocenters. The largest absolute Gasteiger partial charge is 0.481 e. The Morgan fingerprint density at radius 1 is 1.78 bits per heavy atom. The average Bonchev–Trinajstić information content (AvgIpc) is 2.40. The number of carboxylic acid groups (broad SMARTS) is 1. The number of rotatable bonds is 1. The summed E-state index contributed by atoms with van der Waals surface area (Å²) in [4.78, 5) is 10.3. The summed E-state index contributed by atoms with van der Waals surface area (Å²) in [7, 11) is 0. The van der Waals surface area contributed by atoms with E-state index in [1.165, 1.54) is 0 Å². The van der Waals surface area contributed by atoms with Crippen molar-refractivity contribution in [1.29, 1.82) is 0 Å². The lowest BCUT2D eigenvalue weighted by molar-refractivity contribution is -0.138. The highest BCUT2D eigenvalue weighted by Gasteiger charge is 2.45. The molecule has 0 aromatic heterocycles. The smallest absolute Gasteiger partial charge is 0.311 e. The fourth-order valence-electron chi connectivity index (χ4n) is 1.22. The van der Waals surface area contributed by atoms with Crippen LogP contribution in [0.5, 0.6) is 0 Å². The first-order valence-corrected chi connectivity index (χ1v) is 3.07. The van der Waals surface area contributed by atoms with Gasteiger partial charge in [-0.1, -0.05) is 18.6 Å². The van der Waals surface area contributed by atoms with E-state index in [9.17, 15) is 4.79 Å². The van der Waals surface area contributed by atoms with Crippen molar-refractivity contribution in [2.24, 2.45) is 11.8 Å². The van der Waals surface area contributed by atoms with Crippen LogP contribution in [0.15, 0.2) is 11.6 Å². The van der Waals surface area contributed by atoms with Crippen LogP contribution in [0, 0.1) is 11.8 Å². The third-order valence-electron chi connectivity index (χ3n) is 1.88. The van der Waals surface area contributed by atoms with Gasteiger partial charge in [0.25, 0.3) is 0 Å². The number of allylic oxidation sites excluding steroid dienone is 1. The molecule has 0 spiro atoms. The molecule has 9 heavy (non-hydrogen) atoms. The Morgan fingerprint density at radius 3 is 2.44 bits per heavy atom. The normalized spacial score (nSPS) is 36.9. The second-order valence-corrected chi connectivity index (χ2v) is 2.39. The molecule has 1 aliphatic rings. The standard InChI is InChI=1S/C7H10O2/c1-3-5-4(2)6(5)7(8)9/h3-4,6H,1-2H3,(H,8,9)/b5-3-. The van der Waals surface area contributed by atoms with Crippen LogP contribution in [-0.2, 0) is 4.79 Å². The van der Waals surface area contributed by atoms with Crippen molar-refractivity contribution in [3.63, 3.8) is 0 Å². The maximum absolute atomic E-state index is 10.3. The van der Waals surface area contributed by atoms with Gasteiger partial charge in [-0.05, 0) is 12.8 Å². The molecule has 1 N–H and O–H groups in total. The predicted octanol–water partition coefficient (Wildman–Crippen LogP) is 1.28. The van der Waals surface area contributed by atoms with E-state index < -0.39 is 5.97 Å². The highest BCUT2D eigenvalue weighted by molar-refractivity contribution is 5.80. The average molecular weight is 126 g/mol. The summed E-state index contributed by atoms with van der Waals surface area (Å²) in [5.74, 6) is -0.571. The molecule has 2 nitrogen and oxygen atoms in total. The van der Waals surface area contributed by atoms with E-state index in [0.717, 1.165) is 5.57 Å². The molecule has 1 saturated carbocycles. The van der Waals surface area contributed by atoms with E-state index in [1.54, 1.807) is 0 Å². The molecule has 50 valence electrons. The number of hydrogen-bond donors (Lipinski definition) is 1. The van der Waals surface area contributed by atoms with E-state index in [0.29, 0.717) is 0 Å². The monoisotopic (exact) mass is 126 g/mol. The van der Waals surface area contributed by atoms with Crippen LogP contribution in [-0.4, -0.2) is 11.1 Å². The third kappa shape index (κ3) is 0.846. The fraction of sp³-hybridized carbons (Fsp3) is 0.571. The van der Waals surface area contributed by atoms with Gasteiger partial charge in [-0.3, -0.25) is 4.79 Å². The molecule has 0 bridgehead atoms. The topological polar surface area (TPSA) is 37.3 Å². The summed E-state index contributed by atoms with van der Waals surface area (Å²) >= 11 is 0. The van der Waals surface area contributed by atoms with Crippen molar-refractivity contribution in [3.05, 3.63) is 11.6 Å². The van der Waals surface area contributed by atoms with Crippen LogP contribution in [0.3, 0.4) is 0 Å². The van der Waals surface area contributed by atoms with Crippen LogP contribution in [0.25, 0.3) is 0 Å². The van der Waals surface area contributed by atoms with Crippen molar-refractivity contribution in [2.75, 3.05) is 0 Å². The summed E-state index contributed by atoms with van der Waals surface area (Å²) in [5, 5.41) is 8.48. The van der Waals surface area contributed by atoms with Crippen LogP contribution >= 0.6 is 0 Å². The molecular formula is C7H10O2. The van der Waals surface area contributed by atoms with Crippen LogP contribution < -0.4 is 0 Å². The van der Waals surface area contributed by atoms with E-state index in [1.807, 2.05) is 19.9 Å². The SMILES string of the molecule is C/C=C1/C(C)C1C(=O)O. The van der Waals surface area contributed by atoms with Crippen molar-refractivity contribution in [3.8, 4) is 0 Å². The van der Waals surface area contributed by atoms with E-state index in [2.05, 4.69) is 0 Å². The second-order valence-electron chi connectivity index (χ2n) is 2.39. The van der Waals surface area contributed by atoms with Crippen LogP contribution in [0.4, 0.5) is 0 Å². The molecule has 1 aliphatic carbocycles. The molecule has 0 radical (unpaired) electrons. The van der Waals surface area contributed by atoms with Crippen molar-refractivity contribution >= 4 is 5.97 Å². The van der Waals surface area contributed by atoms with Gasteiger partial charge in [0.05, 0.1) is 5.92 Å². The first kappa shape index (κ1) is 6.33. The Labute approximate surface area is 54.2 Å². The van der Waals surface area contributed by atoms with Gasteiger partial charge in [-0.25, -0.2) is 0 Å². The molecule has 2 atom stereocenters. The summed E-state index contributed by atoms with van der Waals surface area (Å²) in [6.07, 6.45) is 1.89. The lowest BCUT2D eigenvalue weighted by Crippen LogP contribution is -1.97. The molecule has 0 amide bonds. The molecule has 1 fully saturated rings. The van der Waals surface area contributed by atoms with Gasteiger partial charge in [0.2, 0.25) is 0 Å². The van der Waals surface area contributed by atoms with Crippen molar-refractivity contribution in [2.45, 2.75) is 13.8 Å². The fourth-order valence-corrected chi connectivity index (χ4v) is 1.22. The van der Waals surface area contributed by atoms with Crippen molar-refractivity contribution < 1.29 is 9.90 Å². The molecular weight excluding hydrogens is 116 g/mol. The highest BCUT2D eigenvalue weighted by Crippen LogP contribution is 2.44. The summed E-state index contributed by atoms with van der Waals surface area (Å²) in [6, 6.07) is 0. The van der Waals surface area contributed by atoms with Gasteiger partial charge >= 0.3 is 5.97 Å². The van der Waals surface area contributed by atoms with Gasteiger partial charge in [-0.15, -0.1) is 0 Å². The summed E-state index contributed by atoms with van der Waals surface area (Å²) < 4.78 is 0. The molecule has 2 heteroatoms. The van der Waals surface area contributed by atoms with Gasteiger partial charge in [-0.2, -0.15) is 0 Å². The van der Waals surface area contributed by atoms with Gasteiger partial charge < -0.3 is 5.11 Å². The van der Waals surface area contributed by atoms with Gasteiger partial charge in [0, 0.05) is 0 Å². The minimum absolute atomic E-state index is 0.171. The maximum atomic E-state index is 10.3. The minimum Gasteiger partial charge on any atom is -0.481 e. The predicted molar refractivity (Wildman–Crippen MR) is 34.0 cm³/mol. The minimum atomic E-state index is -0.685. The quantitative estimate of drug-likeness (QED) is 0.537. The Morgan fingerprint density at radius 2 is 2.33 bits per heavy atom. The summed E-state index contributed by atoms with van der Waals surface area (Å²) in [5.41, 5.74) is 1.07. The number of carboxylic acids is 1. The number of hydrogen-bond acceptors (Lipinski definition) is 1. The maximum Gasteiger partial charge on any atom is 0.311 e. The first-order valence-electron chi connectivity index (χ1n) is 3.07. The zero-order valence-electron chi connectivity index (χ0n) is 5.59. The van der Waals surface area contributed by atoms with Gasteiger partial charge in [0.15, 0.2) is 0 Å². The number of aliphatic carboxylic acids is 1. The zero-order chi connectivity index (χ0) is 7.02. The lowest BCUT2D eigenvalue weighted by Gasteiger charge is -1.79. The molecule has 0 aromatic carbocycles. The Bertz CT molecular complexity index is 170. The summed E-state index contributed by atoms with van der Waals surface area (Å²) in [6.45, 7) is 3.82. The van der Waals surface area contributed by atoms with Gasteiger partial charge in [0.1, 0.15) is 0 Å². The molecule has 1 rings (SSSR count). The van der Waals surface area contributed by atoms with Crippen molar-refractivity contribution in [1.82, 2.24) is 0 Å². The molecule has 0 aromatic rings. The van der Waals surface area contributed by atoms with Crippen LogP contribution in [0.2, 0.25) is 0 Å². The Kier molecular flexibility index (Phi) is 1.31. The Balaban J connectivity index is 2.62. The van der Waals surface area contributed by atoms with E-state index in [-0.39, 0.29) is 11.8 Å². The number of carbonyl (C=O) groups is 1. The molecule has 0 heterocycles. The molecule has 0 saturated heterocycles. The first-order chi connectivity index (χ1) is 4.18. The zero-order valence-corrected chi connectivity index (χ0v) is 5.59. The van der Waals surface area contributed by atoms with E-state index in [4.69, 9.17) is 5.11 Å². The lowest BCUT2D eigenvalue weighted by atomic mass is 10.3.